The summed E-state index contributed by atoms with van der Waals surface area (Å²) in [4.78, 5) is 19.6. The van der Waals surface area contributed by atoms with Gasteiger partial charge in [0.05, 0.1) is 16.4 Å². The van der Waals surface area contributed by atoms with E-state index in [1.807, 2.05) is 55.1 Å². The second-order valence-electron chi connectivity index (χ2n) is 5.37. The third-order valence-electron chi connectivity index (χ3n) is 4.02. The summed E-state index contributed by atoms with van der Waals surface area (Å²) >= 11 is 0. The van der Waals surface area contributed by atoms with Crippen LogP contribution < -0.4 is 5.56 Å². The number of hydrogen-bond acceptors (Lipinski definition) is 3. The molecule has 1 N–H and O–H groups in total. The Labute approximate surface area is 126 Å². The van der Waals surface area contributed by atoms with Gasteiger partial charge in [-0.05, 0) is 25.1 Å². The van der Waals surface area contributed by atoms with Crippen LogP contribution in [0.25, 0.3) is 33.2 Å². The minimum absolute atomic E-state index is 0.127. The van der Waals surface area contributed by atoms with E-state index in [-0.39, 0.29) is 5.56 Å². The van der Waals surface area contributed by atoms with Gasteiger partial charge in [-0.1, -0.05) is 24.3 Å². The summed E-state index contributed by atoms with van der Waals surface area (Å²) in [5.74, 6) is 0.564. The molecule has 0 fully saturated rings. The standard InChI is InChI=1S/C17H14N4O/c1-10-12-8-7-11(9-15(12)20-21(10)2)16-18-14-6-4-3-5-13(14)17(22)19-16/h3-9H,1-2H3,(H,18,19,22). The number of para-hydroxylation sites is 1. The Kier molecular flexibility index (Phi) is 2.63. The Morgan fingerprint density at radius 2 is 1.86 bits per heavy atom. The first-order chi connectivity index (χ1) is 10.6. The van der Waals surface area contributed by atoms with Crippen LogP contribution in [0.3, 0.4) is 0 Å². The van der Waals surface area contributed by atoms with E-state index in [2.05, 4.69) is 15.1 Å². The van der Waals surface area contributed by atoms with Gasteiger partial charge < -0.3 is 4.98 Å². The molecular weight excluding hydrogens is 276 g/mol. The van der Waals surface area contributed by atoms with E-state index < -0.39 is 0 Å². The molecular formula is C17H14N4O. The van der Waals surface area contributed by atoms with Crippen molar-refractivity contribution in [3.05, 3.63) is 58.5 Å². The number of aromatic nitrogens is 4. The first-order valence-electron chi connectivity index (χ1n) is 7.06. The summed E-state index contributed by atoms with van der Waals surface area (Å²) in [6.07, 6.45) is 0. The number of aryl methyl sites for hydroxylation is 2. The number of benzene rings is 2. The number of nitrogens with zero attached hydrogens (tertiary/aromatic N) is 3. The zero-order chi connectivity index (χ0) is 15.3. The van der Waals surface area contributed by atoms with Crippen LogP contribution in [0.4, 0.5) is 0 Å². The van der Waals surface area contributed by atoms with Crippen molar-refractivity contribution in [1.82, 2.24) is 19.7 Å². The zero-order valence-corrected chi connectivity index (χ0v) is 12.3. The molecule has 4 aromatic rings. The van der Waals surface area contributed by atoms with Gasteiger partial charge in [0.25, 0.3) is 5.56 Å². The Balaban J connectivity index is 1.96. The average molecular weight is 290 g/mol. The molecule has 0 aliphatic rings. The third-order valence-corrected chi connectivity index (χ3v) is 4.02. The molecule has 4 rings (SSSR count). The highest BCUT2D eigenvalue weighted by atomic mass is 16.1. The van der Waals surface area contributed by atoms with Crippen LogP contribution in [0.5, 0.6) is 0 Å². The van der Waals surface area contributed by atoms with Gasteiger partial charge in [0.2, 0.25) is 0 Å². The van der Waals surface area contributed by atoms with Gasteiger partial charge >= 0.3 is 0 Å². The second kappa shape index (κ2) is 4.53. The van der Waals surface area contributed by atoms with Crippen LogP contribution in [0.2, 0.25) is 0 Å². The molecule has 0 aliphatic heterocycles. The molecule has 108 valence electrons. The largest absolute Gasteiger partial charge is 0.306 e. The molecule has 0 aliphatic carbocycles. The lowest BCUT2D eigenvalue weighted by Gasteiger charge is -2.03. The monoisotopic (exact) mass is 290 g/mol. The first kappa shape index (κ1) is 12.8. The van der Waals surface area contributed by atoms with Crippen molar-refractivity contribution >= 4 is 21.8 Å². The highest BCUT2D eigenvalue weighted by Crippen LogP contribution is 2.23. The van der Waals surface area contributed by atoms with Gasteiger partial charge in [-0.2, -0.15) is 5.10 Å². The van der Waals surface area contributed by atoms with Crippen molar-refractivity contribution in [2.24, 2.45) is 7.05 Å². The van der Waals surface area contributed by atoms with Crippen LogP contribution in [0, 0.1) is 6.92 Å². The molecule has 0 atom stereocenters. The van der Waals surface area contributed by atoms with E-state index in [0.29, 0.717) is 16.7 Å². The smallest absolute Gasteiger partial charge is 0.259 e. The molecule has 0 spiro atoms. The number of nitrogens with one attached hydrogen (secondary N) is 1. The molecule has 0 saturated heterocycles. The van der Waals surface area contributed by atoms with Crippen molar-refractivity contribution in [1.29, 1.82) is 0 Å². The maximum absolute atomic E-state index is 12.2. The molecule has 0 amide bonds. The Hall–Kier alpha value is -2.95. The SMILES string of the molecule is Cc1c2ccc(-c3nc4ccccc4c(=O)[nH]3)cc2nn1C. The van der Waals surface area contributed by atoms with Gasteiger partial charge in [0.15, 0.2) is 0 Å². The van der Waals surface area contributed by atoms with Gasteiger partial charge in [-0.15, -0.1) is 0 Å². The summed E-state index contributed by atoms with van der Waals surface area (Å²) in [7, 11) is 1.92. The molecule has 0 radical (unpaired) electrons. The lowest BCUT2D eigenvalue weighted by Crippen LogP contribution is -2.09. The minimum atomic E-state index is -0.127. The number of rotatable bonds is 1. The van der Waals surface area contributed by atoms with Crippen molar-refractivity contribution in [2.75, 3.05) is 0 Å². The normalized spacial score (nSPS) is 11.4. The van der Waals surface area contributed by atoms with E-state index in [0.717, 1.165) is 22.2 Å². The van der Waals surface area contributed by atoms with Gasteiger partial charge in [-0.3, -0.25) is 9.48 Å². The topological polar surface area (TPSA) is 63.6 Å². The van der Waals surface area contributed by atoms with E-state index in [1.165, 1.54) is 0 Å². The van der Waals surface area contributed by atoms with E-state index in [9.17, 15) is 4.79 Å². The van der Waals surface area contributed by atoms with Gasteiger partial charge in [0, 0.05) is 23.7 Å². The zero-order valence-electron chi connectivity index (χ0n) is 12.3. The van der Waals surface area contributed by atoms with Crippen LogP contribution in [-0.2, 0) is 7.05 Å². The van der Waals surface area contributed by atoms with Gasteiger partial charge in [-0.25, -0.2) is 4.98 Å². The Morgan fingerprint density at radius 1 is 1.05 bits per heavy atom. The van der Waals surface area contributed by atoms with Crippen molar-refractivity contribution in [3.63, 3.8) is 0 Å². The minimum Gasteiger partial charge on any atom is -0.306 e. The average Bonchev–Trinajstić information content (AvgIpc) is 2.81. The highest BCUT2D eigenvalue weighted by Gasteiger charge is 2.09. The molecule has 5 nitrogen and oxygen atoms in total. The fourth-order valence-electron chi connectivity index (χ4n) is 2.70. The summed E-state index contributed by atoms with van der Waals surface area (Å²) in [6.45, 7) is 2.03. The third kappa shape index (κ3) is 1.83. The molecule has 2 aromatic heterocycles. The van der Waals surface area contributed by atoms with Crippen molar-refractivity contribution in [3.8, 4) is 11.4 Å². The Morgan fingerprint density at radius 3 is 2.73 bits per heavy atom. The predicted octanol–water partition coefficient (Wildman–Crippen LogP) is 2.79. The molecule has 0 bridgehead atoms. The fourth-order valence-corrected chi connectivity index (χ4v) is 2.70. The lowest BCUT2D eigenvalue weighted by molar-refractivity contribution is 0.751. The lowest BCUT2D eigenvalue weighted by atomic mass is 10.1. The first-order valence-corrected chi connectivity index (χ1v) is 7.06. The molecule has 5 heteroatoms. The van der Waals surface area contributed by atoms with E-state index in [4.69, 9.17) is 0 Å². The number of hydrogen-bond donors (Lipinski definition) is 1. The number of aromatic amines is 1. The summed E-state index contributed by atoms with van der Waals surface area (Å²) in [5, 5.41) is 6.18. The van der Waals surface area contributed by atoms with Crippen LogP contribution in [0.15, 0.2) is 47.3 Å². The molecule has 0 saturated carbocycles. The maximum atomic E-state index is 12.2. The molecule has 2 heterocycles. The number of fused-ring (bicyclic) bond motifs is 2. The predicted molar refractivity (Wildman–Crippen MR) is 86.8 cm³/mol. The summed E-state index contributed by atoms with van der Waals surface area (Å²) < 4.78 is 1.85. The van der Waals surface area contributed by atoms with E-state index >= 15 is 0 Å². The summed E-state index contributed by atoms with van der Waals surface area (Å²) in [6, 6.07) is 13.3. The maximum Gasteiger partial charge on any atom is 0.259 e. The van der Waals surface area contributed by atoms with Crippen molar-refractivity contribution < 1.29 is 0 Å². The Bertz CT molecular complexity index is 1080. The van der Waals surface area contributed by atoms with Crippen LogP contribution >= 0.6 is 0 Å². The molecule has 0 unspecified atom stereocenters. The van der Waals surface area contributed by atoms with E-state index in [1.54, 1.807) is 6.07 Å². The van der Waals surface area contributed by atoms with Gasteiger partial charge in [0.1, 0.15) is 5.82 Å². The quantitative estimate of drug-likeness (QED) is 0.586. The second-order valence-corrected chi connectivity index (χ2v) is 5.37. The van der Waals surface area contributed by atoms with Crippen molar-refractivity contribution in [2.45, 2.75) is 6.92 Å². The van der Waals surface area contributed by atoms with Crippen LogP contribution in [0.1, 0.15) is 5.69 Å². The number of H-pyrrole nitrogens is 1. The fraction of sp³-hybridized carbons (Fsp3) is 0.118. The van der Waals surface area contributed by atoms with Crippen LogP contribution in [-0.4, -0.2) is 19.7 Å². The highest BCUT2D eigenvalue weighted by molar-refractivity contribution is 5.86. The molecule has 22 heavy (non-hydrogen) atoms. The summed E-state index contributed by atoms with van der Waals surface area (Å²) in [5.41, 5.74) is 3.43. The molecule has 2 aromatic carbocycles.